The number of halogens is 22. The number of alkyl halides is 21. The van der Waals surface area contributed by atoms with Gasteiger partial charge in [0.15, 0.2) is 5.60 Å². The Kier molecular flexibility index (Phi) is 32.8. The van der Waals surface area contributed by atoms with Crippen molar-refractivity contribution in [1.82, 2.24) is 0 Å². The molecule has 0 aromatic heterocycles. The average molecular weight is 1910 g/mol. The van der Waals surface area contributed by atoms with Crippen LogP contribution in [0, 0.1) is 20.8 Å². The Morgan fingerprint density at radius 2 is 0.667 bits per heavy atom. The van der Waals surface area contributed by atoms with E-state index in [9.17, 15) is 131 Å². The summed E-state index contributed by atoms with van der Waals surface area (Å²) < 4.78 is 295. The largest absolute Gasteiger partial charge is 1.00 e. The van der Waals surface area contributed by atoms with Gasteiger partial charge in [-0.05, 0) is 145 Å². The maximum absolute atomic E-state index is 13.5. The second-order valence-corrected chi connectivity index (χ2v) is 29.6. The van der Waals surface area contributed by atoms with E-state index >= 15 is 0 Å². The van der Waals surface area contributed by atoms with Crippen molar-refractivity contribution < 1.29 is 178 Å². The average Bonchev–Trinajstić information content (AvgIpc) is 1.74. The van der Waals surface area contributed by atoms with Crippen molar-refractivity contribution in [3.05, 3.63) is 344 Å². The van der Waals surface area contributed by atoms with E-state index in [-0.39, 0.29) is 75.3 Å². The van der Waals surface area contributed by atoms with Gasteiger partial charge in [0, 0.05) is 21.2 Å². The van der Waals surface area contributed by atoms with E-state index in [0.717, 1.165) is 84.3 Å². The number of carbonyl (C=O) groups is 5. The molecule has 0 bridgehead atoms. The summed E-state index contributed by atoms with van der Waals surface area (Å²) in [7, 11) is -5.84. The smallest absolute Gasteiger partial charge is 0.508 e. The minimum absolute atomic E-state index is 0. The van der Waals surface area contributed by atoms with Crippen molar-refractivity contribution in [3.63, 3.8) is 0 Å². The number of ketones is 1. The van der Waals surface area contributed by atoms with Crippen LogP contribution in [-0.4, -0.2) is 81.0 Å². The number of nitrogens with one attached hydrogen (secondary N) is 4. The van der Waals surface area contributed by atoms with Crippen molar-refractivity contribution in [2.24, 2.45) is 0 Å². The summed E-state index contributed by atoms with van der Waals surface area (Å²) in [5.41, 5.74) is -12.6. The molecule has 3 unspecified atom stereocenters. The minimum atomic E-state index is -5.84. The van der Waals surface area contributed by atoms with Gasteiger partial charge in [-0.3, -0.25) is 28.5 Å². The molecule has 4 aliphatic heterocycles. The number of aryl methyl sites for hydroxylation is 2. The molecule has 9 N–H and O–H groups in total. The molecule has 129 heavy (non-hydrogen) atoms. The molecule has 11 aromatic rings. The molecule has 4 heterocycles. The number of aliphatic hydroxyl groups is 1. The maximum Gasteiger partial charge on any atom is 1.00 e. The molecule has 678 valence electrons. The number of hydrogen-bond acceptors (Lipinski definition) is 13. The molecule has 0 aliphatic carbocycles. The number of phenolic OH excluding ortho intramolecular Hbond substituents is 3. The zero-order chi connectivity index (χ0) is 95.5. The second kappa shape index (κ2) is 40.8. The monoisotopic (exact) mass is 1910 g/mol. The van der Waals surface area contributed by atoms with Crippen LogP contribution in [0.4, 0.5) is 115 Å². The van der Waals surface area contributed by atoms with Crippen molar-refractivity contribution in [2.75, 3.05) is 21.3 Å². The molecule has 0 radical (unpaired) electrons. The van der Waals surface area contributed by atoms with Crippen molar-refractivity contribution in [1.29, 1.82) is 0 Å². The number of rotatable bonds is 8. The van der Waals surface area contributed by atoms with Gasteiger partial charge >= 0.3 is 71.9 Å². The van der Waals surface area contributed by atoms with E-state index in [4.69, 9.17) is 18.1 Å². The molecule has 4 amide bonds. The number of para-hydroxylation sites is 5. The topological polar surface area (TPSA) is 287 Å². The van der Waals surface area contributed by atoms with Crippen LogP contribution in [0.1, 0.15) is 108 Å². The number of fused-ring (bicyclic) bond motifs is 4. The summed E-state index contributed by atoms with van der Waals surface area (Å²) in [5, 5.41) is 47.5. The number of amides is 4. The van der Waals surface area contributed by atoms with E-state index < -0.39 is 138 Å². The maximum atomic E-state index is 13.5. The molecular weight excluding hydrogens is 1840 g/mol. The fraction of sp³-hybridized carbons (Fsp3) is 0.172. The van der Waals surface area contributed by atoms with E-state index in [2.05, 4.69) is 49.9 Å². The normalized spacial score (nSPS) is 16.5. The summed E-state index contributed by atoms with van der Waals surface area (Å²) in [5.74, 6) is -4.72. The Morgan fingerprint density at radius 3 is 0.977 bits per heavy atom. The number of carbonyl (C=O) groups excluding carboxylic acids is 5. The molecule has 42 heteroatoms. The Labute approximate surface area is 738 Å². The van der Waals surface area contributed by atoms with Crippen molar-refractivity contribution in [2.45, 2.75) is 93.0 Å². The second-order valence-electron chi connectivity index (χ2n) is 27.3. The Morgan fingerprint density at radius 1 is 0.380 bits per heavy atom. The van der Waals surface area contributed by atoms with Gasteiger partial charge in [-0.25, -0.2) is 0 Å². The number of benzene rings is 11. The fourth-order valence-corrected chi connectivity index (χ4v) is 13.1. The van der Waals surface area contributed by atoms with Crippen LogP contribution in [0.5, 0.6) is 28.7 Å². The van der Waals surface area contributed by atoms with Gasteiger partial charge in [-0.1, -0.05) is 186 Å². The quantitative estimate of drug-likeness (QED) is 0.0171. The predicted octanol–water partition coefficient (Wildman–Crippen LogP) is 19.4. The SMILES string of the molecule is Cc1ccc(C2(c3ccc(O)cc3)C(=O)Nc3c(C(F)(F)F)cccc32)cc1.Cc1ccc(C2(c3ccc(O)cc3)C(=O)Nc3c(C(F)(F)F)cccc32)cc1.FC(F)(F)Oc1ccc(Br)cc1.O=C1Nc2c(C(F)(F)F)cccc2C1(O)c1ccc(OC(F)(F)F)cc1.O=C1Nc2c(cccc2C(F)(F)F)C1=O.O=S(=O)(O)C(F)(F)F.Oc1ccccc1.[CH2-]CCC.[Li+]. The van der Waals surface area contributed by atoms with Crippen molar-refractivity contribution >= 4 is 78.2 Å². The molecule has 15 rings (SSSR count). The van der Waals surface area contributed by atoms with Gasteiger partial charge in [-0.15, -0.1) is 26.3 Å². The minimum Gasteiger partial charge on any atom is -0.508 e. The first kappa shape index (κ1) is 104. The molecule has 11 aromatic carbocycles. The summed E-state index contributed by atoms with van der Waals surface area (Å²) in [6, 6.07) is 57.5. The predicted molar refractivity (Wildman–Crippen MR) is 426 cm³/mol. The third-order valence-electron chi connectivity index (χ3n) is 18.6. The van der Waals surface area contributed by atoms with Gasteiger partial charge in [0.1, 0.15) is 39.6 Å². The number of anilines is 4. The summed E-state index contributed by atoms with van der Waals surface area (Å²) >= 11 is 3.09. The van der Waals surface area contributed by atoms with Gasteiger partial charge in [0.05, 0.1) is 50.6 Å². The van der Waals surface area contributed by atoms with E-state index in [1.165, 1.54) is 85.3 Å². The molecule has 0 spiro atoms. The Balaban J connectivity index is 0.000000214. The molecule has 18 nitrogen and oxygen atoms in total. The summed E-state index contributed by atoms with van der Waals surface area (Å²) in [6.45, 7) is 9.50. The van der Waals surface area contributed by atoms with Crippen LogP contribution in [0.15, 0.2) is 253 Å². The third-order valence-corrected chi connectivity index (χ3v) is 19.7. The summed E-state index contributed by atoms with van der Waals surface area (Å²) in [6.07, 6.45) is -25.8. The van der Waals surface area contributed by atoms with Gasteiger partial charge < -0.3 is 58.1 Å². The van der Waals surface area contributed by atoms with Crippen molar-refractivity contribution in [3.8, 4) is 28.7 Å². The molecule has 3 atom stereocenters. The van der Waals surface area contributed by atoms with Crippen LogP contribution < -0.4 is 49.6 Å². The number of phenols is 3. The fourth-order valence-electron chi connectivity index (χ4n) is 12.8. The molecular formula is C87H65BrF21LiN4O14S. The Hall–Kier alpha value is -12.6. The standard InChI is InChI=1S/2C22H16F3NO2.C16H9F6NO3.C9H4F3NO2.C7H4BrF3O.C6H6O.C4H9.CHF3O3S.Li/c2*1-13-5-7-14(8-6-13)21(15-9-11-16(27)12-10-15)17-3-2-4-18(22(23,24)25)19(17)26-20(21)28;17-15(18,19)11-3-1-2-10-12(11)23-13(24)14(10,25)8-4-6-9(7-5-8)26-16(20,21)22;10-9(11,12)5-3-1-2-4-6(5)13-8(15)7(4)14;8-5-1-3-6(4-2-5)12-7(9,10)11;7-6-4-2-1-3-5-6;1-3-4-2;2-1(3,4)8(5,6)7;/h2*2-12,27H,1H3,(H,26,28);1-7,25H,(H,23,24);1-3H,(H,13,14,15);1-4H;1-5,7H;1,3-4H2,2H3;(H,5,6,7);/q;;;;;;-1;;+1. The van der Waals surface area contributed by atoms with Gasteiger partial charge in [0.25, 0.3) is 17.6 Å². The van der Waals surface area contributed by atoms with Crippen LogP contribution in [0.25, 0.3) is 0 Å². The molecule has 0 fully saturated rings. The first-order valence-corrected chi connectivity index (χ1v) is 38.6. The van der Waals surface area contributed by atoms with E-state index in [1.54, 1.807) is 72.8 Å². The first-order valence-electron chi connectivity index (χ1n) is 36.4. The van der Waals surface area contributed by atoms with E-state index in [1.807, 2.05) is 54.8 Å². The van der Waals surface area contributed by atoms with Gasteiger partial charge in [-0.2, -0.15) is 80.7 Å². The molecule has 4 aliphatic rings. The number of hydrogen-bond donors (Lipinski definition) is 9. The zero-order valence-corrected chi connectivity index (χ0v) is 68.8. The van der Waals surface area contributed by atoms with E-state index in [0.29, 0.717) is 32.5 Å². The van der Waals surface area contributed by atoms with Crippen LogP contribution in [0.3, 0.4) is 0 Å². The number of ether oxygens (including phenoxy) is 2. The Bertz CT molecular complexity index is 5640. The number of Topliss-reactive ketones (excluding diaryl/α,β-unsaturated/α-hetero) is 1. The first-order chi connectivity index (χ1) is 59.3. The van der Waals surface area contributed by atoms with Crippen LogP contribution >= 0.6 is 15.9 Å². The molecule has 0 saturated heterocycles. The zero-order valence-electron chi connectivity index (χ0n) is 66.4. The van der Waals surface area contributed by atoms with Crippen LogP contribution in [0.2, 0.25) is 0 Å². The number of aromatic hydroxyl groups is 3. The van der Waals surface area contributed by atoms with Crippen LogP contribution in [-0.2, 0) is 70.4 Å². The summed E-state index contributed by atoms with van der Waals surface area (Å²) in [4.78, 5) is 60.7. The van der Waals surface area contributed by atoms with Gasteiger partial charge in [0.2, 0.25) is 11.8 Å². The molecule has 0 saturated carbocycles. The number of unbranched alkanes of at least 4 members (excludes halogenated alkanes) is 1. The third kappa shape index (κ3) is 24.7.